The molecule has 3 aromatic rings. The minimum atomic E-state index is 0.105. The molecule has 4 rings (SSSR count). The van der Waals surface area contributed by atoms with Gasteiger partial charge in [-0.25, -0.2) is 0 Å². The van der Waals surface area contributed by atoms with E-state index in [-0.39, 0.29) is 6.04 Å². The van der Waals surface area contributed by atoms with Crippen molar-refractivity contribution >= 4 is 5.69 Å². The van der Waals surface area contributed by atoms with Crippen LogP contribution < -0.4 is 10.1 Å². The standard InChI is InChI=1S/C19H15NO/c1-2-8-14(9-3-1)20-19-15-10-4-6-12-17(15)21-18-13-7-5-11-16(18)19/h1-13,19-20H. The summed E-state index contributed by atoms with van der Waals surface area (Å²) in [5.41, 5.74) is 3.44. The molecule has 0 bridgehead atoms. The van der Waals surface area contributed by atoms with Crippen LogP contribution >= 0.6 is 0 Å². The third kappa shape index (κ3) is 2.15. The summed E-state index contributed by atoms with van der Waals surface area (Å²) in [6.07, 6.45) is 0. The molecule has 0 spiro atoms. The highest BCUT2D eigenvalue weighted by Crippen LogP contribution is 2.43. The molecule has 2 heteroatoms. The Labute approximate surface area is 124 Å². The Bertz CT molecular complexity index is 722. The van der Waals surface area contributed by atoms with Crippen LogP contribution in [-0.4, -0.2) is 0 Å². The highest BCUT2D eigenvalue weighted by molar-refractivity contribution is 5.58. The lowest BCUT2D eigenvalue weighted by Gasteiger charge is -2.29. The monoisotopic (exact) mass is 273 g/mol. The van der Waals surface area contributed by atoms with Gasteiger partial charge in [0.1, 0.15) is 11.5 Å². The zero-order valence-corrected chi connectivity index (χ0v) is 11.5. The molecular weight excluding hydrogens is 258 g/mol. The van der Waals surface area contributed by atoms with Gasteiger partial charge in [-0.3, -0.25) is 0 Å². The van der Waals surface area contributed by atoms with E-state index < -0.39 is 0 Å². The van der Waals surface area contributed by atoms with E-state index in [0.717, 1.165) is 17.2 Å². The van der Waals surface area contributed by atoms with Gasteiger partial charge in [0.05, 0.1) is 6.04 Å². The van der Waals surface area contributed by atoms with E-state index in [1.807, 2.05) is 42.5 Å². The highest BCUT2D eigenvalue weighted by atomic mass is 16.5. The predicted molar refractivity (Wildman–Crippen MR) is 84.9 cm³/mol. The molecule has 21 heavy (non-hydrogen) atoms. The maximum absolute atomic E-state index is 6.01. The Morgan fingerprint density at radius 3 is 1.76 bits per heavy atom. The van der Waals surface area contributed by atoms with Crippen LogP contribution in [0.15, 0.2) is 78.9 Å². The first kappa shape index (κ1) is 12.0. The number of anilines is 1. The van der Waals surface area contributed by atoms with Crippen LogP contribution in [0.25, 0.3) is 0 Å². The fourth-order valence-electron chi connectivity index (χ4n) is 2.77. The molecule has 0 atom stereocenters. The summed E-state index contributed by atoms with van der Waals surface area (Å²) in [6.45, 7) is 0. The molecule has 1 N–H and O–H groups in total. The molecule has 0 saturated carbocycles. The van der Waals surface area contributed by atoms with Crippen LogP contribution in [0, 0.1) is 0 Å². The average molecular weight is 273 g/mol. The fraction of sp³-hybridized carbons (Fsp3) is 0.0526. The van der Waals surface area contributed by atoms with Gasteiger partial charge in [-0.05, 0) is 24.3 Å². The van der Waals surface area contributed by atoms with Gasteiger partial charge < -0.3 is 10.1 Å². The smallest absolute Gasteiger partial charge is 0.133 e. The average Bonchev–Trinajstić information content (AvgIpc) is 2.55. The molecule has 2 nitrogen and oxygen atoms in total. The van der Waals surface area contributed by atoms with Gasteiger partial charge in [-0.1, -0.05) is 54.6 Å². The van der Waals surface area contributed by atoms with Gasteiger partial charge >= 0.3 is 0 Å². The largest absolute Gasteiger partial charge is 0.457 e. The van der Waals surface area contributed by atoms with Crippen LogP contribution in [0.3, 0.4) is 0 Å². The lowest BCUT2D eigenvalue weighted by Crippen LogP contribution is -2.17. The first-order valence-electron chi connectivity index (χ1n) is 7.09. The molecule has 0 aliphatic carbocycles. The minimum Gasteiger partial charge on any atom is -0.457 e. The maximum Gasteiger partial charge on any atom is 0.133 e. The zero-order chi connectivity index (χ0) is 14.1. The number of hydrogen-bond donors (Lipinski definition) is 1. The van der Waals surface area contributed by atoms with Crippen LogP contribution in [0.1, 0.15) is 17.2 Å². The molecule has 0 amide bonds. The van der Waals surface area contributed by atoms with Gasteiger partial charge in [-0.2, -0.15) is 0 Å². The first-order chi connectivity index (χ1) is 10.4. The summed E-state index contributed by atoms with van der Waals surface area (Å²) in [5, 5.41) is 3.61. The molecule has 0 radical (unpaired) electrons. The third-order valence-electron chi connectivity index (χ3n) is 3.76. The van der Waals surface area contributed by atoms with Crippen LogP contribution in [-0.2, 0) is 0 Å². The van der Waals surface area contributed by atoms with Crippen molar-refractivity contribution in [1.29, 1.82) is 0 Å². The second kappa shape index (κ2) is 4.98. The predicted octanol–water partition coefficient (Wildman–Crippen LogP) is 4.99. The Kier molecular flexibility index (Phi) is 2.86. The van der Waals surface area contributed by atoms with E-state index in [2.05, 4.69) is 41.7 Å². The molecular formula is C19H15NO. The van der Waals surface area contributed by atoms with E-state index in [4.69, 9.17) is 4.74 Å². The quantitative estimate of drug-likeness (QED) is 0.710. The van der Waals surface area contributed by atoms with Crippen molar-refractivity contribution in [2.24, 2.45) is 0 Å². The Morgan fingerprint density at radius 2 is 1.14 bits per heavy atom. The molecule has 0 aromatic heterocycles. The summed E-state index contributed by atoms with van der Waals surface area (Å²) in [6, 6.07) is 26.8. The van der Waals surface area contributed by atoms with Crippen molar-refractivity contribution in [2.75, 3.05) is 5.32 Å². The summed E-state index contributed by atoms with van der Waals surface area (Å²) < 4.78 is 6.01. The van der Waals surface area contributed by atoms with Crippen molar-refractivity contribution in [3.05, 3.63) is 90.0 Å². The number of benzene rings is 3. The van der Waals surface area contributed by atoms with E-state index in [9.17, 15) is 0 Å². The molecule has 1 heterocycles. The summed E-state index contributed by atoms with van der Waals surface area (Å²) >= 11 is 0. The van der Waals surface area contributed by atoms with Crippen molar-refractivity contribution in [3.63, 3.8) is 0 Å². The second-order valence-corrected chi connectivity index (χ2v) is 5.12. The Balaban J connectivity index is 1.82. The van der Waals surface area contributed by atoms with Crippen LogP contribution in [0.4, 0.5) is 5.69 Å². The second-order valence-electron chi connectivity index (χ2n) is 5.12. The minimum absolute atomic E-state index is 0.105. The van der Waals surface area contributed by atoms with Crippen molar-refractivity contribution < 1.29 is 4.74 Å². The van der Waals surface area contributed by atoms with Crippen molar-refractivity contribution in [3.8, 4) is 11.5 Å². The number of ether oxygens (including phenoxy) is 1. The van der Waals surface area contributed by atoms with Crippen LogP contribution in [0.2, 0.25) is 0 Å². The zero-order valence-electron chi connectivity index (χ0n) is 11.5. The summed E-state index contributed by atoms with van der Waals surface area (Å²) in [7, 11) is 0. The van der Waals surface area contributed by atoms with Gasteiger partial charge in [0.25, 0.3) is 0 Å². The molecule has 1 aliphatic heterocycles. The molecule has 0 unspecified atom stereocenters. The highest BCUT2D eigenvalue weighted by Gasteiger charge is 2.26. The Hall–Kier alpha value is -2.74. The van der Waals surface area contributed by atoms with Gasteiger partial charge in [-0.15, -0.1) is 0 Å². The number of rotatable bonds is 2. The van der Waals surface area contributed by atoms with Crippen LogP contribution in [0.5, 0.6) is 11.5 Å². The number of hydrogen-bond acceptors (Lipinski definition) is 2. The SMILES string of the molecule is c1ccc(NC2c3ccccc3Oc3ccccc32)cc1. The number of nitrogens with one attached hydrogen (secondary N) is 1. The molecule has 0 saturated heterocycles. The maximum atomic E-state index is 6.01. The summed E-state index contributed by atoms with van der Waals surface area (Å²) in [4.78, 5) is 0. The normalized spacial score (nSPS) is 13.0. The molecule has 3 aromatic carbocycles. The molecule has 1 aliphatic rings. The number of para-hydroxylation sites is 3. The van der Waals surface area contributed by atoms with E-state index in [1.165, 1.54) is 11.1 Å². The van der Waals surface area contributed by atoms with E-state index in [1.54, 1.807) is 0 Å². The number of fused-ring (bicyclic) bond motifs is 2. The van der Waals surface area contributed by atoms with E-state index in [0.29, 0.717) is 0 Å². The first-order valence-corrected chi connectivity index (χ1v) is 7.09. The fourth-order valence-corrected chi connectivity index (χ4v) is 2.77. The van der Waals surface area contributed by atoms with E-state index >= 15 is 0 Å². The van der Waals surface area contributed by atoms with Gasteiger partial charge in [0.15, 0.2) is 0 Å². The molecule has 0 fully saturated rings. The summed E-state index contributed by atoms with van der Waals surface area (Å²) in [5.74, 6) is 1.84. The molecule has 102 valence electrons. The third-order valence-corrected chi connectivity index (χ3v) is 3.76. The topological polar surface area (TPSA) is 21.3 Å². The lowest BCUT2D eigenvalue weighted by atomic mass is 9.94. The van der Waals surface area contributed by atoms with Gasteiger partial charge in [0, 0.05) is 16.8 Å². The lowest BCUT2D eigenvalue weighted by molar-refractivity contribution is 0.451. The van der Waals surface area contributed by atoms with Crippen molar-refractivity contribution in [2.45, 2.75) is 6.04 Å². The Morgan fingerprint density at radius 1 is 0.619 bits per heavy atom. The van der Waals surface area contributed by atoms with Crippen molar-refractivity contribution in [1.82, 2.24) is 0 Å². The van der Waals surface area contributed by atoms with Gasteiger partial charge in [0.2, 0.25) is 0 Å².